The molecular weight excluding hydrogens is 230 g/mol. The van der Waals surface area contributed by atoms with Crippen LogP contribution in [0.25, 0.3) is 0 Å². The normalized spacial score (nSPS) is 22.1. The van der Waals surface area contributed by atoms with Gasteiger partial charge in [-0.3, -0.25) is 4.79 Å². The van der Waals surface area contributed by atoms with Crippen LogP contribution >= 0.6 is 0 Å². The fraction of sp³-hybridized carbons (Fsp3) is 0.500. The van der Waals surface area contributed by atoms with Gasteiger partial charge < -0.3 is 14.4 Å². The van der Waals surface area contributed by atoms with Crippen molar-refractivity contribution in [2.75, 3.05) is 25.2 Å². The van der Waals surface area contributed by atoms with E-state index in [0.29, 0.717) is 6.61 Å². The molecule has 2 heterocycles. The molecule has 0 bridgehead atoms. The summed E-state index contributed by atoms with van der Waals surface area (Å²) in [4.78, 5) is 14.2. The van der Waals surface area contributed by atoms with Crippen LogP contribution in [0.5, 0.6) is 5.75 Å². The quantitative estimate of drug-likeness (QED) is 0.799. The Morgan fingerprint density at radius 3 is 3.11 bits per heavy atom. The van der Waals surface area contributed by atoms with E-state index in [1.807, 2.05) is 23.1 Å². The maximum atomic E-state index is 12.3. The molecule has 1 saturated heterocycles. The third-order valence-electron chi connectivity index (χ3n) is 3.65. The average Bonchev–Trinajstić information content (AvgIpc) is 3.06. The van der Waals surface area contributed by atoms with Gasteiger partial charge in [0.15, 0.2) is 0 Å². The second kappa shape index (κ2) is 4.61. The molecule has 0 N–H and O–H groups in total. The van der Waals surface area contributed by atoms with E-state index in [1.165, 1.54) is 5.56 Å². The first-order valence-corrected chi connectivity index (χ1v) is 6.39. The van der Waals surface area contributed by atoms with Crippen molar-refractivity contribution in [3.8, 4) is 5.75 Å². The van der Waals surface area contributed by atoms with Gasteiger partial charge in [0.1, 0.15) is 11.9 Å². The third-order valence-corrected chi connectivity index (χ3v) is 3.65. The van der Waals surface area contributed by atoms with E-state index >= 15 is 0 Å². The highest BCUT2D eigenvalue weighted by molar-refractivity contribution is 5.98. The number of anilines is 1. The Labute approximate surface area is 106 Å². The highest BCUT2D eigenvalue weighted by Gasteiger charge is 2.32. The van der Waals surface area contributed by atoms with Crippen molar-refractivity contribution in [1.29, 1.82) is 0 Å². The summed E-state index contributed by atoms with van der Waals surface area (Å²) >= 11 is 0. The molecule has 2 aliphatic rings. The van der Waals surface area contributed by atoms with Crippen molar-refractivity contribution in [2.24, 2.45) is 0 Å². The lowest BCUT2D eigenvalue weighted by Gasteiger charge is -2.20. The summed E-state index contributed by atoms with van der Waals surface area (Å²) in [5, 5.41) is 0. The summed E-state index contributed by atoms with van der Waals surface area (Å²) in [6.45, 7) is 1.46. The molecule has 4 heteroatoms. The highest BCUT2D eigenvalue weighted by atomic mass is 16.5. The Kier molecular flexibility index (Phi) is 2.96. The highest BCUT2D eigenvalue weighted by Crippen LogP contribution is 2.32. The van der Waals surface area contributed by atoms with Gasteiger partial charge in [0.2, 0.25) is 0 Å². The first-order chi connectivity index (χ1) is 8.79. The first kappa shape index (κ1) is 11.5. The molecule has 1 aromatic carbocycles. The minimum atomic E-state index is -0.238. The van der Waals surface area contributed by atoms with Crippen LogP contribution in [0.15, 0.2) is 18.2 Å². The Hall–Kier alpha value is -1.55. The smallest absolute Gasteiger partial charge is 0.256 e. The second-order valence-corrected chi connectivity index (χ2v) is 4.74. The lowest BCUT2D eigenvalue weighted by Crippen LogP contribution is -2.37. The van der Waals surface area contributed by atoms with Crippen LogP contribution in [0.4, 0.5) is 5.69 Å². The SMILES string of the molecule is COc1ccc2c(c1)CCN2C(=O)C1CCCO1. The summed E-state index contributed by atoms with van der Waals surface area (Å²) in [6.07, 6.45) is 2.49. The molecule has 1 atom stereocenters. The van der Waals surface area contributed by atoms with Crippen LogP contribution < -0.4 is 9.64 Å². The van der Waals surface area contributed by atoms with Crippen LogP contribution in [-0.4, -0.2) is 32.3 Å². The molecule has 1 unspecified atom stereocenters. The van der Waals surface area contributed by atoms with Gasteiger partial charge in [-0.1, -0.05) is 0 Å². The molecule has 2 aliphatic heterocycles. The van der Waals surface area contributed by atoms with Gasteiger partial charge in [0, 0.05) is 18.8 Å². The average molecular weight is 247 g/mol. The number of carbonyl (C=O) groups excluding carboxylic acids is 1. The van der Waals surface area contributed by atoms with Crippen molar-refractivity contribution in [3.63, 3.8) is 0 Å². The zero-order chi connectivity index (χ0) is 12.5. The zero-order valence-electron chi connectivity index (χ0n) is 10.5. The van der Waals surface area contributed by atoms with Gasteiger partial charge in [-0.25, -0.2) is 0 Å². The number of hydrogen-bond donors (Lipinski definition) is 0. The number of ether oxygens (including phenoxy) is 2. The zero-order valence-corrected chi connectivity index (χ0v) is 10.5. The van der Waals surface area contributed by atoms with Gasteiger partial charge in [-0.05, 0) is 43.0 Å². The molecule has 0 radical (unpaired) electrons. The summed E-state index contributed by atoms with van der Waals surface area (Å²) < 4.78 is 10.7. The summed E-state index contributed by atoms with van der Waals surface area (Å²) in [6, 6.07) is 5.88. The Balaban J connectivity index is 1.83. The molecular formula is C14H17NO3. The number of nitrogens with zero attached hydrogens (tertiary/aromatic N) is 1. The molecule has 0 spiro atoms. The van der Waals surface area contributed by atoms with E-state index < -0.39 is 0 Å². The number of methoxy groups -OCH3 is 1. The Morgan fingerprint density at radius 2 is 2.39 bits per heavy atom. The van der Waals surface area contributed by atoms with E-state index in [2.05, 4.69) is 0 Å². The van der Waals surface area contributed by atoms with E-state index in [4.69, 9.17) is 9.47 Å². The molecule has 3 rings (SSSR count). The number of hydrogen-bond acceptors (Lipinski definition) is 3. The largest absolute Gasteiger partial charge is 0.497 e. The number of fused-ring (bicyclic) bond motifs is 1. The fourth-order valence-electron chi connectivity index (χ4n) is 2.68. The van der Waals surface area contributed by atoms with Gasteiger partial charge in [0.25, 0.3) is 5.91 Å². The predicted octanol–water partition coefficient (Wildman–Crippen LogP) is 1.76. The Bertz CT molecular complexity index is 466. The lowest BCUT2D eigenvalue weighted by molar-refractivity contribution is -0.127. The van der Waals surface area contributed by atoms with Gasteiger partial charge in [0.05, 0.1) is 7.11 Å². The molecule has 1 aromatic rings. The van der Waals surface area contributed by atoms with Gasteiger partial charge >= 0.3 is 0 Å². The van der Waals surface area contributed by atoms with Gasteiger partial charge in [-0.15, -0.1) is 0 Å². The molecule has 96 valence electrons. The first-order valence-electron chi connectivity index (χ1n) is 6.39. The molecule has 0 aromatic heterocycles. The van der Waals surface area contributed by atoms with Crippen LogP contribution in [0.2, 0.25) is 0 Å². The lowest BCUT2D eigenvalue weighted by atomic mass is 10.1. The van der Waals surface area contributed by atoms with Crippen molar-refractivity contribution in [1.82, 2.24) is 0 Å². The summed E-state index contributed by atoms with van der Waals surface area (Å²) in [5.41, 5.74) is 2.19. The topological polar surface area (TPSA) is 38.8 Å². The van der Waals surface area contributed by atoms with Crippen LogP contribution in [0.3, 0.4) is 0 Å². The minimum Gasteiger partial charge on any atom is -0.497 e. The van der Waals surface area contributed by atoms with E-state index in [-0.39, 0.29) is 12.0 Å². The molecule has 0 aliphatic carbocycles. The number of benzene rings is 1. The molecule has 0 saturated carbocycles. The molecule has 18 heavy (non-hydrogen) atoms. The van der Waals surface area contributed by atoms with Crippen molar-refractivity contribution in [3.05, 3.63) is 23.8 Å². The van der Waals surface area contributed by atoms with E-state index in [9.17, 15) is 4.79 Å². The van der Waals surface area contributed by atoms with E-state index in [0.717, 1.165) is 37.2 Å². The number of rotatable bonds is 2. The molecule has 4 nitrogen and oxygen atoms in total. The van der Waals surface area contributed by atoms with Crippen molar-refractivity contribution < 1.29 is 14.3 Å². The van der Waals surface area contributed by atoms with Crippen LogP contribution in [0, 0.1) is 0 Å². The van der Waals surface area contributed by atoms with Crippen molar-refractivity contribution in [2.45, 2.75) is 25.4 Å². The van der Waals surface area contributed by atoms with Crippen LogP contribution in [0.1, 0.15) is 18.4 Å². The maximum absolute atomic E-state index is 12.3. The Morgan fingerprint density at radius 1 is 1.50 bits per heavy atom. The molecule has 1 fully saturated rings. The standard InChI is InChI=1S/C14H17NO3/c1-17-11-4-5-12-10(9-11)6-7-15(12)14(16)13-3-2-8-18-13/h4-5,9,13H,2-3,6-8H2,1H3. The van der Waals surface area contributed by atoms with E-state index in [1.54, 1.807) is 7.11 Å². The number of carbonyl (C=O) groups is 1. The predicted molar refractivity (Wildman–Crippen MR) is 68.0 cm³/mol. The second-order valence-electron chi connectivity index (χ2n) is 4.74. The van der Waals surface area contributed by atoms with Crippen molar-refractivity contribution >= 4 is 11.6 Å². The van der Waals surface area contributed by atoms with Gasteiger partial charge in [-0.2, -0.15) is 0 Å². The third kappa shape index (κ3) is 1.86. The molecule has 1 amide bonds. The monoisotopic (exact) mass is 247 g/mol. The summed E-state index contributed by atoms with van der Waals surface area (Å²) in [7, 11) is 1.66. The number of amides is 1. The summed E-state index contributed by atoms with van der Waals surface area (Å²) in [5.74, 6) is 0.955. The fourth-order valence-corrected chi connectivity index (χ4v) is 2.68. The van der Waals surface area contributed by atoms with Crippen LogP contribution in [-0.2, 0) is 16.0 Å². The minimum absolute atomic E-state index is 0.108. The maximum Gasteiger partial charge on any atom is 0.256 e.